The Morgan fingerprint density at radius 1 is 0.750 bits per heavy atom. The highest BCUT2D eigenvalue weighted by Crippen LogP contribution is 2.72. The summed E-state index contributed by atoms with van der Waals surface area (Å²) >= 11 is 0. The van der Waals surface area contributed by atoms with Crippen molar-refractivity contribution in [2.24, 2.45) is 0 Å². The topological polar surface area (TPSA) is 0 Å². The highest BCUT2D eigenvalue weighted by Gasteiger charge is 2.50. The molecule has 16 heavy (non-hydrogen) atoms. The van der Waals surface area contributed by atoms with Gasteiger partial charge in [0.15, 0.2) is 0 Å². The van der Waals surface area contributed by atoms with Crippen LogP contribution in [-0.4, -0.2) is 0 Å². The maximum absolute atomic E-state index is 12.5. The lowest BCUT2D eigenvalue weighted by Gasteiger charge is -2.29. The Hall–Kier alpha value is -0.0800. The van der Waals surface area contributed by atoms with Crippen molar-refractivity contribution < 1.29 is 26.3 Å². The first kappa shape index (κ1) is 14.0. The maximum Gasteiger partial charge on any atom is 0.421 e. The van der Waals surface area contributed by atoms with Gasteiger partial charge in [-0.2, -0.15) is 26.3 Å². The number of halogens is 6. The van der Waals surface area contributed by atoms with Crippen LogP contribution in [0.25, 0.3) is 0 Å². The van der Waals surface area contributed by atoms with E-state index in [1.807, 2.05) is 0 Å². The van der Waals surface area contributed by atoms with E-state index in [9.17, 15) is 26.3 Å². The van der Waals surface area contributed by atoms with Gasteiger partial charge < -0.3 is 0 Å². The molecule has 1 heterocycles. The van der Waals surface area contributed by atoms with Crippen LogP contribution in [0, 0.1) is 0 Å². The fraction of sp³-hybridized carbons (Fsp3) is 0.750. The van der Waals surface area contributed by atoms with Gasteiger partial charge in [0.25, 0.3) is 0 Å². The van der Waals surface area contributed by atoms with Gasteiger partial charge in [-0.15, -0.1) is 0 Å². The van der Waals surface area contributed by atoms with Crippen LogP contribution in [0.5, 0.6) is 0 Å². The molecule has 1 aromatic rings. The summed E-state index contributed by atoms with van der Waals surface area (Å²) in [6.45, 7) is 3.05. The molecule has 0 N–H and O–H groups in total. The SMILES string of the molecule is CCp1c(C(F)(F)F)c(C(F)(F)F)p1CC. The molecule has 1 rings (SSSR count). The van der Waals surface area contributed by atoms with Crippen LogP contribution < -0.4 is 0 Å². The van der Waals surface area contributed by atoms with Gasteiger partial charge in [0, 0.05) is 0 Å². The first-order chi connectivity index (χ1) is 7.14. The summed E-state index contributed by atoms with van der Waals surface area (Å²) in [4.78, 5) is 0. The average molecular weight is 282 g/mol. The Morgan fingerprint density at radius 2 is 1.00 bits per heavy atom. The van der Waals surface area contributed by atoms with E-state index in [2.05, 4.69) is 0 Å². The molecule has 0 radical (unpaired) electrons. The fourth-order valence-corrected chi connectivity index (χ4v) is 9.60. The lowest BCUT2D eigenvalue weighted by atomic mass is 10.4. The molecule has 1 aromatic heterocycles. The molecule has 2 unspecified atom stereocenters. The molecule has 0 fully saturated rings. The molecule has 0 nitrogen and oxygen atoms in total. The Bertz CT molecular complexity index is 331. The number of hydrogen-bond acceptors (Lipinski definition) is 0. The summed E-state index contributed by atoms with van der Waals surface area (Å²) in [5.41, 5.74) is 0. The van der Waals surface area contributed by atoms with Crippen molar-refractivity contribution in [2.75, 3.05) is 0 Å². The zero-order valence-electron chi connectivity index (χ0n) is 8.58. The molecule has 0 bridgehead atoms. The Labute approximate surface area is 90.6 Å². The summed E-state index contributed by atoms with van der Waals surface area (Å²) in [5.74, 6) is 0. The number of hydrogen-bond donors (Lipinski definition) is 0. The summed E-state index contributed by atoms with van der Waals surface area (Å²) in [6, 6.07) is 0. The van der Waals surface area contributed by atoms with Crippen molar-refractivity contribution in [1.82, 2.24) is 0 Å². The molecule has 2 atom stereocenters. The van der Waals surface area contributed by atoms with Gasteiger partial charge >= 0.3 is 12.4 Å². The summed E-state index contributed by atoms with van der Waals surface area (Å²) < 4.78 is 75.0. The van der Waals surface area contributed by atoms with Crippen molar-refractivity contribution >= 4 is 14.4 Å². The third-order valence-corrected chi connectivity index (χ3v) is 10.8. The molecule has 0 aliphatic heterocycles. The largest absolute Gasteiger partial charge is 0.421 e. The molecule has 8 heteroatoms. The predicted octanol–water partition coefficient (Wildman–Crippen LogP) is 5.74. The van der Waals surface area contributed by atoms with Gasteiger partial charge in [0.2, 0.25) is 0 Å². The van der Waals surface area contributed by atoms with Gasteiger partial charge in [-0.1, -0.05) is 28.3 Å². The van der Waals surface area contributed by atoms with Crippen LogP contribution in [0.15, 0.2) is 0 Å². The van der Waals surface area contributed by atoms with E-state index in [0.29, 0.717) is 0 Å². The van der Waals surface area contributed by atoms with Crippen LogP contribution in [0.1, 0.15) is 24.4 Å². The van der Waals surface area contributed by atoms with E-state index in [0.717, 1.165) is 0 Å². The minimum Gasteiger partial charge on any atom is -0.166 e. The van der Waals surface area contributed by atoms with Crippen LogP contribution in [0.4, 0.5) is 26.3 Å². The predicted molar refractivity (Wildman–Crippen MR) is 53.2 cm³/mol. The number of alkyl halides is 6. The molecular formula is C8H10F6P2. The number of rotatable bonds is 2. The van der Waals surface area contributed by atoms with E-state index in [4.69, 9.17) is 0 Å². The van der Waals surface area contributed by atoms with Crippen LogP contribution >= 0.6 is 14.4 Å². The second-order valence-corrected chi connectivity index (χ2v) is 9.78. The van der Waals surface area contributed by atoms with E-state index < -0.39 is 37.4 Å². The highest BCUT2D eigenvalue weighted by atomic mass is 31.9. The molecule has 0 spiro atoms. The molecule has 0 aliphatic rings. The summed E-state index contributed by atoms with van der Waals surface area (Å²) in [5, 5.41) is -2.55. The standard InChI is InChI=1S/C8H10F6P2/c1-3-15-5(7(9,10)11)6(8(12,13)14)16(15)4-2/h3-4H2,1-2H3. The molecule has 0 aliphatic carbocycles. The Balaban J connectivity index is 3.37. The minimum absolute atomic E-state index is 0.184. The van der Waals surface area contributed by atoms with Crippen LogP contribution in [0.3, 0.4) is 0 Å². The second-order valence-electron chi connectivity index (χ2n) is 3.12. The third kappa shape index (κ3) is 2.28. The Morgan fingerprint density at radius 3 is 1.12 bits per heavy atom. The molecular weight excluding hydrogens is 272 g/mol. The first-order valence-corrected chi connectivity index (χ1v) is 8.34. The van der Waals surface area contributed by atoms with Gasteiger partial charge in [-0.3, -0.25) is 0 Å². The summed E-state index contributed by atoms with van der Waals surface area (Å²) in [7, 11) is -3.23. The highest BCUT2D eigenvalue weighted by molar-refractivity contribution is 8.11. The van der Waals surface area contributed by atoms with Crippen molar-refractivity contribution in [1.29, 1.82) is 0 Å². The smallest absolute Gasteiger partial charge is 0.166 e. The molecule has 0 amide bonds. The van der Waals surface area contributed by atoms with Crippen molar-refractivity contribution in [2.45, 2.75) is 38.5 Å². The Kier molecular flexibility index (Phi) is 3.76. The maximum atomic E-state index is 12.5. The molecule has 0 saturated heterocycles. The van der Waals surface area contributed by atoms with Crippen molar-refractivity contribution in [3.63, 3.8) is 0 Å². The lowest BCUT2D eigenvalue weighted by Crippen LogP contribution is -2.17. The first-order valence-electron chi connectivity index (χ1n) is 4.58. The van der Waals surface area contributed by atoms with E-state index in [-0.39, 0.29) is 12.3 Å². The van der Waals surface area contributed by atoms with Gasteiger partial charge in [-0.05, 0) is 12.3 Å². The van der Waals surface area contributed by atoms with E-state index in [1.165, 1.54) is 13.8 Å². The molecule has 94 valence electrons. The normalized spacial score (nSPS) is 15.8. The van der Waals surface area contributed by atoms with E-state index in [1.54, 1.807) is 0 Å². The van der Waals surface area contributed by atoms with E-state index >= 15 is 0 Å². The third-order valence-electron chi connectivity index (χ3n) is 2.17. The fourth-order valence-electron chi connectivity index (χ4n) is 1.66. The van der Waals surface area contributed by atoms with Crippen molar-refractivity contribution in [3.05, 3.63) is 10.6 Å². The van der Waals surface area contributed by atoms with Gasteiger partial charge in [0.1, 0.15) is 0 Å². The minimum atomic E-state index is -4.82. The lowest BCUT2D eigenvalue weighted by molar-refractivity contribution is -0.158. The van der Waals surface area contributed by atoms with Crippen LogP contribution in [0.2, 0.25) is 0 Å². The molecule has 0 aromatic carbocycles. The molecule has 0 saturated carbocycles. The average Bonchev–Trinajstić information content (AvgIpc) is 1.98. The van der Waals surface area contributed by atoms with Crippen molar-refractivity contribution in [3.8, 4) is 0 Å². The van der Waals surface area contributed by atoms with Gasteiger partial charge in [0.05, 0.1) is 10.6 Å². The zero-order chi connectivity index (χ0) is 12.7. The van der Waals surface area contributed by atoms with Crippen LogP contribution in [-0.2, 0) is 24.7 Å². The van der Waals surface area contributed by atoms with Gasteiger partial charge in [-0.25, -0.2) is 0 Å². The monoisotopic (exact) mass is 282 g/mol. The quantitative estimate of drug-likeness (QED) is 0.607. The summed E-state index contributed by atoms with van der Waals surface area (Å²) in [6.07, 6.45) is -9.27. The second kappa shape index (κ2) is 4.30. The zero-order valence-corrected chi connectivity index (χ0v) is 10.4.